The van der Waals surface area contributed by atoms with E-state index in [2.05, 4.69) is 0 Å². The number of rotatable bonds is 3. The topological polar surface area (TPSA) is 43.8 Å². The van der Waals surface area contributed by atoms with Crippen molar-refractivity contribution in [2.75, 3.05) is 24.5 Å². The Hall–Kier alpha value is -2.40. The number of aliphatic hydroxyl groups excluding tert-OH is 1. The minimum atomic E-state index is -0.236. The molecule has 0 spiro atoms. The Kier molecular flexibility index (Phi) is 4.81. The first-order valence-electron chi connectivity index (χ1n) is 8.10. The summed E-state index contributed by atoms with van der Waals surface area (Å²) in [4.78, 5) is 16.5. The van der Waals surface area contributed by atoms with Gasteiger partial charge < -0.3 is 14.9 Å². The Morgan fingerprint density at radius 3 is 2.71 bits per heavy atom. The highest BCUT2D eigenvalue weighted by Gasteiger charge is 2.29. The van der Waals surface area contributed by atoms with E-state index in [1.807, 2.05) is 22.8 Å². The second-order valence-corrected chi connectivity index (χ2v) is 6.10. The smallest absolute Gasteiger partial charge is 0.254 e. The van der Waals surface area contributed by atoms with E-state index in [4.69, 9.17) is 0 Å². The van der Waals surface area contributed by atoms with E-state index in [1.165, 1.54) is 6.07 Å². The number of hydrogen-bond donors (Lipinski definition) is 1. The van der Waals surface area contributed by atoms with Crippen molar-refractivity contribution in [1.82, 2.24) is 4.90 Å². The molecule has 2 aromatic rings. The van der Waals surface area contributed by atoms with E-state index in [-0.39, 0.29) is 24.4 Å². The Labute approximate surface area is 141 Å². The van der Waals surface area contributed by atoms with Crippen LogP contribution in [0, 0.1) is 5.82 Å². The highest BCUT2D eigenvalue weighted by molar-refractivity contribution is 5.94. The summed E-state index contributed by atoms with van der Waals surface area (Å²) in [6.45, 7) is 3.61. The minimum absolute atomic E-state index is 0.0244. The summed E-state index contributed by atoms with van der Waals surface area (Å²) in [5.41, 5.74) is 1.88. The fourth-order valence-electron chi connectivity index (χ4n) is 3.15. The van der Waals surface area contributed by atoms with E-state index < -0.39 is 0 Å². The van der Waals surface area contributed by atoms with Gasteiger partial charge in [0.1, 0.15) is 5.82 Å². The zero-order valence-corrected chi connectivity index (χ0v) is 13.7. The number of piperazine rings is 1. The van der Waals surface area contributed by atoms with Gasteiger partial charge in [-0.25, -0.2) is 4.39 Å². The second kappa shape index (κ2) is 7.01. The molecule has 5 heteroatoms. The van der Waals surface area contributed by atoms with Crippen LogP contribution in [0.15, 0.2) is 48.5 Å². The monoisotopic (exact) mass is 328 g/mol. The number of amides is 1. The van der Waals surface area contributed by atoms with Crippen molar-refractivity contribution >= 4 is 11.6 Å². The molecule has 1 fully saturated rings. The number of aliphatic hydroxyl groups is 1. The van der Waals surface area contributed by atoms with Crippen molar-refractivity contribution in [2.45, 2.75) is 19.6 Å². The number of hydrogen-bond acceptors (Lipinski definition) is 3. The number of benzene rings is 2. The number of carbonyl (C=O) groups is 1. The zero-order chi connectivity index (χ0) is 17.1. The van der Waals surface area contributed by atoms with Gasteiger partial charge in [0.05, 0.1) is 12.3 Å². The van der Waals surface area contributed by atoms with Gasteiger partial charge in [-0.15, -0.1) is 0 Å². The van der Waals surface area contributed by atoms with Crippen LogP contribution >= 0.6 is 0 Å². The summed E-state index contributed by atoms with van der Waals surface area (Å²) in [6, 6.07) is 13.7. The zero-order valence-electron chi connectivity index (χ0n) is 13.7. The van der Waals surface area contributed by atoms with Gasteiger partial charge in [-0.2, -0.15) is 0 Å². The molecule has 3 rings (SSSR count). The van der Waals surface area contributed by atoms with E-state index >= 15 is 0 Å². The lowest BCUT2D eigenvalue weighted by molar-refractivity contribution is 0.0673. The van der Waals surface area contributed by atoms with Crippen molar-refractivity contribution < 1.29 is 14.3 Å². The van der Waals surface area contributed by atoms with Crippen LogP contribution in [-0.4, -0.2) is 41.6 Å². The molecule has 0 aliphatic carbocycles. The summed E-state index contributed by atoms with van der Waals surface area (Å²) < 4.78 is 14.0. The average molecular weight is 328 g/mol. The number of anilines is 1. The van der Waals surface area contributed by atoms with E-state index in [1.54, 1.807) is 36.4 Å². The van der Waals surface area contributed by atoms with E-state index in [9.17, 15) is 14.3 Å². The van der Waals surface area contributed by atoms with Crippen LogP contribution in [0.1, 0.15) is 22.8 Å². The van der Waals surface area contributed by atoms with Gasteiger partial charge in [-0.05, 0) is 36.8 Å². The minimum Gasteiger partial charge on any atom is -0.392 e. The van der Waals surface area contributed by atoms with Crippen molar-refractivity contribution in [3.8, 4) is 0 Å². The SMILES string of the molecule is CC1CN(c2ccccc2F)CCN1C(=O)c1cccc(CO)c1. The average Bonchev–Trinajstić information content (AvgIpc) is 2.61. The lowest BCUT2D eigenvalue weighted by Gasteiger charge is -2.41. The van der Waals surface area contributed by atoms with Crippen LogP contribution in [-0.2, 0) is 6.61 Å². The van der Waals surface area contributed by atoms with Crippen molar-refractivity contribution in [3.05, 3.63) is 65.5 Å². The molecule has 1 saturated heterocycles. The highest BCUT2D eigenvalue weighted by Crippen LogP contribution is 2.23. The third-order valence-electron chi connectivity index (χ3n) is 4.44. The van der Waals surface area contributed by atoms with Gasteiger partial charge in [-0.3, -0.25) is 4.79 Å². The first-order valence-corrected chi connectivity index (χ1v) is 8.10. The molecule has 0 bridgehead atoms. The molecule has 0 radical (unpaired) electrons. The Bertz CT molecular complexity index is 735. The predicted octanol–water partition coefficient (Wildman–Crippen LogP) is 2.67. The number of carbonyl (C=O) groups excluding carboxylic acids is 1. The molecule has 1 heterocycles. The van der Waals surface area contributed by atoms with Crippen LogP contribution in [0.3, 0.4) is 0 Å². The van der Waals surface area contributed by atoms with Crippen LogP contribution in [0.25, 0.3) is 0 Å². The molecule has 24 heavy (non-hydrogen) atoms. The predicted molar refractivity (Wildman–Crippen MR) is 91.5 cm³/mol. The lowest BCUT2D eigenvalue weighted by Crippen LogP contribution is -2.54. The van der Waals surface area contributed by atoms with Gasteiger partial charge in [0.25, 0.3) is 5.91 Å². The molecule has 0 aromatic heterocycles. The molecule has 4 nitrogen and oxygen atoms in total. The second-order valence-electron chi connectivity index (χ2n) is 6.10. The quantitative estimate of drug-likeness (QED) is 0.942. The van der Waals surface area contributed by atoms with Crippen LogP contribution in [0.2, 0.25) is 0 Å². The molecule has 0 saturated carbocycles. The lowest BCUT2D eigenvalue weighted by atomic mass is 10.1. The maximum absolute atomic E-state index is 14.0. The van der Waals surface area contributed by atoms with Gasteiger partial charge in [-0.1, -0.05) is 24.3 Å². The van der Waals surface area contributed by atoms with Gasteiger partial charge >= 0.3 is 0 Å². The fourth-order valence-corrected chi connectivity index (χ4v) is 3.15. The summed E-state index contributed by atoms with van der Waals surface area (Å²) >= 11 is 0. The fraction of sp³-hybridized carbons (Fsp3) is 0.316. The first-order chi connectivity index (χ1) is 11.6. The van der Waals surface area contributed by atoms with Gasteiger partial charge in [0.15, 0.2) is 0 Å². The molecule has 1 aliphatic rings. The summed E-state index contributed by atoms with van der Waals surface area (Å²) in [7, 11) is 0. The Morgan fingerprint density at radius 2 is 2.00 bits per heavy atom. The molecule has 1 unspecified atom stereocenters. The number of halogens is 1. The van der Waals surface area contributed by atoms with Crippen LogP contribution < -0.4 is 4.90 Å². The molecule has 2 aromatic carbocycles. The normalized spacial score (nSPS) is 17.9. The first kappa shape index (κ1) is 16.5. The standard InChI is InChI=1S/C19H21FN2O2/c1-14-12-21(18-8-3-2-7-17(18)20)9-10-22(14)19(24)16-6-4-5-15(11-16)13-23/h2-8,11,14,23H,9-10,12-13H2,1H3. The van der Waals surface area contributed by atoms with Crippen LogP contribution in [0.4, 0.5) is 10.1 Å². The molecule has 1 atom stereocenters. The third kappa shape index (κ3) is 3.26. The molecule has 126 valence electrons. The van der Waals surface area contributed by atoms with Crippen molar-refractivity contribution in [2.24, 2.45) is 0 Å². The highest BCUT2D eigenvalue weighted by atomic mass is 19.1. The van der Waals surface area contributed by atoms with Gasteiger partial charge in [0, 0.05) is 31.2 Å². The summed E-state index contributed by atoms with van der Waals surface area (Å²) in [6.07, 6.45) is 0. The number of nitrogens with zero attached hydrogens (tertiary/aromatic N) is 2. The molecular weight excluding hydrogens is 307 g/mol. The molecular formula is C19H21FN2O2. The van der Waals surface area contributed by atoms with Crippen molar-refractivity contribution in [3.63, 3.8) is 0 Å². The Balaban J connectivity index is 1.74. The van der Waals surface area contributed by atoms with Crippen LogP contribution in [0.5, 0.6) is 0 Å². The maximum Gasteiger partial charge on any atom is 0.254 e. The Morgan fingerprint density at radius 1 is 1.21 bits per heavy atom. The maximum atomic E-state index is 14.0. The number of para-hydroxylation sites is 1. The van der Waals surface area contributed by atoms with Gasteiger partial charge in [0.2, 0.25) is 0 Å². The van der Waals surface area contributed by atoms with Crippen molar-refractivity contribution in [1.29, 1.82) is 0 Å². The molecule has 1 amide bonds. The summed E-state index contributed by atoms with van der Waals surface area (Å²) in [5.74, 6) is -0.286. The largest absolute Gasteiger partial charge is 0.392 e. The summed E-state index contributed by atoms with van der Waals surface area (Å²) in [5, 5.41) is 9.23. The van der Waals surface area contributed by atoms with E-state index in [0.29, 0.717) is 30.9 Å². The third-order valence-corrected chi connectivity index (χ3v) is 4.44. The van der Waals surface area contributed by atoms with E-state index in [0.717, 1.165) is 5.56 Å². The molecule has 1 aliphatic heterocycles. The molecule has 1 N–H and O–H groups in total.